The van der Waals surface area contributed by atoms with Crippen LogP contribution >= 0.6 is 23.2 Å². The summed E-state index contributed by atoms with van der Waals surface area (Å²) in [4.78, 5) is 0. The van der Waals surface area contributed by atoms with Gasteiger partial charge in [0.15, 0.2) is 0 Å². The Balaban J connectivity index is 0.000000211. The summed E-state index contributed by atoms with van der Waals surface area (Å²) >= 11 is 10.5. The van der Waals surface area contributed by atoms with Crippen LogP contribution < -0.4 is 0 Å². The second-order valence-corrected chi connectivity index (χ2v) is 2.76. The summed E-state index contributed by atoms with van der Waals surface area (Å²) in [5.74, 6) is 0. The SMILES string of the molecule is C/C=C/C=C(Cl)Cl.c1cn[nH]c1. The predicted molar refractivity (Wildman–Crippen MR) is 53.2 cm³/mol. The van der Waals surface area contributed by atoms with Crippen molar-refractivity contribution in [2.75, 3.05) is 0 Å². The van der Waals surface area contributed by atoms with E-state index in [4.69, 9.17) is 23.2 Å². The second-order valence-electron chi connectivity index (χ2n) is 1.75. The van der Waals surface area contributed by atoms with E-state index >= 15 is 0 Å². The van der Waals surface area contributed by atoms with Crippen molar-refractivity contribution in [1.82, 2.24) is 10.2 Å². The van der Waals surface area contributed by atoms with E-state index in [1.807, 2.05) is 19.1 Å². The van der Waals surface area contributed by atoms with Crippen LogP contribution in [0.3, 0.4) is 0 Å². The van der Waals surface area contributed by atoms with E-state index in [-0.39, 0.29) is 4.49 Å². The number of rotatable bonds is 1. The van der Waals surface area contributed by atoms with Crippen molar-refractivity contribution in [2.45, 2.75) is 6.92 Å². The lowest BCUT2D eigenvalue weighted by molar-refractivity contribution is 1.09. The fourth-order valence-electron chi connectivity index (χ4n) is 0.384. The van der Waals surface area contributed by atoms with Crippen LogP contribution in [-0.4, -0.2) is 10.2 Å². The van der Waals surface area contributed by atoms with Gasteiger partial charge in [-0.2, -0.15) is 5.10 Å². The molecule has 0 saturated carbocycles. The number of halogens is 2. The number of aromatic nitrogens is 2. The fraction of sp³-hybridized carbons (Fsp3) is 0.125. The van der Waals surface area contributed by atoms with E-state index in [1.54, 1.807) is 24.5 Å². The predicted octanol–water partition coefficient (Wildman–Crippen LogP) is 3.29. The van der Waals surface area contributed by atoms with Crippen LogP contribution in [-0.2, 0) is 0 Å². The minimum Gasteiger partial charge on any atom is -0.286 e. The molecule has 0 radical (unpaired) electrons. The molecular formula is C8H10Cl2N2. The maximum Gasteiger partial charge on any atom is 0.106 e. The molecule has 1 rings (SSSR count). The smallest absolute Gasteiger partial charge is 0.106 e. The molecule has 0 fully saturated rings. The zero-order valence-corrected chi connectivity index (χ0v) is 8.18. The van der Waals surface area contributed by atoms with Crippen LogP contribution in [0, 0.1) is 0 Å². The molecule has 0 atom stereocenters. The van der Waals surface area contributed by atoms with Crippen molar-refractivity contribution in [3.63, 3.8) is 0 Å². The summed E-state index contributed by atoms with van der Waals surface area (Å²) in [6, 6.07) is 1.83. The van der Waals surface area contributed by atoms with Crippen molar-refractivity contribution >= 4 is 23.2 Å². The van der Waals surface area contributed by atoms with Gasteiger partial charge in [-0.15, -0.1) is 0 Å². The number of hydrogen-bond donors (Lipinski definition) is 1. The third-order valence-electron chi connectivity index (χ3n) is 0.821. The molecule has 0 aliphatic carbocycles. The largest absolute Gasteiger partial charge is 0.286 e. The quantitative estimate of drug-likeness (QED) is 0.700. The maximum absolute atomic E-state index is 5.23. The van der Waals surface area contributed by atoms with Gasteiger partial charge in [0.05, 0.1) is 0 Å². The first-order valence-electron chi connectivity index (χ1n) is 3.35. The molecule has 1 heterocycles. The highest BCUT2D eigenvalue weighted by Gasteiger charge is 1.72. The van der Waals surface area contributed by atoms with Gasteiger partial charge in [0.25, 0.3) is 0 Å². The summed E-state index contributed by atoms with van der Waals surface area (Å²) in [5.41, 5.74) is 0. The van der Waals surface area contributed by atoms with Gasteiger partial charge in [-0.25, -0.2) is 0 Å². The summed E-state index contributed by atoms with van der Waals surface area (Å²) < 4.78 is 0.290. The van der Waals surface area contributed by atoms with E-state index in [0.717, 1.165) is 0 Å². The normalized spacial score (nSPS) is 8.92. The van der Waals surface area contributed by atoms with Crippen LogP contribution in [0.5, 0.6) is 0 Å². The maximum atomic E-state index is 5.23. The van der Waals surface area contributed by atoms with Crippen molar-refractivity contribution in [3.05, 3.63) is 41.2 Å². The molecule has 4 heteroatoms. The van der Waals surface area contributed by atoms with Gasteiger partial charge in [-0.3, -0.25) is 5.10 Å². The second kappa shape index (κ2) is 8.37. The summed E-state index contributed by atoms with van der Waals surface area (Å²) in [7, 11) is 0. The molecule has 0 aromatic carbocycles. The van der Waals surface area contributed by atoms with E-state index in [9.17, 15) is 0 Å². The Kier molecular flexibility index (Phi) is 7.86. The molecule has 2 nitrogen and oxygen atoms in total. The Labute approximate surface area is 81.9 Å². The van der Waals surface area contributed by atoms with E-state index in [2.05, 4.69) is 10.2 Å². The first kappa shape index (κ1) is 11.3. The molecule has 0 bridgehead atoms. The standard InChI is InChI=1S/C5H6Cl2.C3H4N2/c1-2-3-4-5(6)7;1-2-4-5-3-1/h2-4H,1H3;1-3H,(H,4,5)/b3-2+;. The van der Waals surface area contributed by atoms with Gasteiger partial charge >= 0.3 is 0 Å². The highest BCUT2D eigenvalue weighted by atomic mass is 35.5. The van der Waals surface area contributed by atoms with Gasteiger partial charge in [0, 0.05) is 12.4 Å². The fourth-order valence-corrected chi connectivity index (χ4v) is 0.530. The van der Waals surface area contributed by atoms with Crippen LogP contribution in [0.1, 0.15) is 6.92 Å². The Morgan fingerprint density at radius 2 is 2.25 bits per heavy atom. The van der Waals surface area contributed by atoms with Crippen molar-refractivity contribution in [3.8, 4) is 0 Å². The zero-order valence-electron chi connectivity index (χ0n) is 6.67. The van der Waals surface area contributed by atoms with Crippen molar-refractivity contribution < 1.29 is 0 Å². The molecule has 1 aromatic heterocycles. The number of allylic oxidation sites excluding steroid dienone is 3. The monoisotopic (exact) mass is 204 g/mol. The molecular weight excluding hydrogens is 195 g/mol. The van der Waals surface area contributed by atoms with Gasteiger partial charge < -0.3 is 0 Å². The van der Waals surface area contributed by atoms with Crippen molar-refractivity contribution in [2.24, 2.45) is 0 Å². The first-order chi connectivity index (χ1) is 5.77. The van der Waals surface area contributed by atoms with E-state index in [0.29, 0.717) is 0 Å². The molecule has 1 N–H and O–H groups in total. The number of nitrogens with one attached hydrogen (secondary N) is 1. The van der Waals surface area contributed by atoms with Gasteiger partial charge in [-0.1, -0.05) is 35.4 Å². The number of nitrogens with zero attached hydrogens (tertiary/aromatic N) is 1. The highest BCUT2D eigenvalue weighted by Crippen LogP contribution is 2.04. The molecule has 66 valence electrons. The van der Waals surface area contributed by atoms with E-state index < -0.39 is 0 Å². The molecule has 0 spiro atoms. The third kappa shape index (κ3) is 9.27. The van der Waals surface area contributed by atoms with Crippen LogP contribution in [0.4, 0.5) is 0 Å². The summed E-state index contributed by atoms with van der Waals surface area (Å²) in [6.07, 6.45) is 8.70. The van der Waals surface area contributed by atoms with Crippen molar-refractivity contribution in [1.29, 1.82) is 0 Å². The van der Waals surface area contributed by atoms with Gasteiger partial charge in [0.2, 0.25) is 0 Å². The van der Waals surface area contributed by atoms with Gasteiger partial charge in [-0.05, 0) is 19.1 Å². The van der Waals surface area contributed by atoms with Gasteiger partial charge in [0.1, 0.15) is 4.49 Å². The third-order valence-corrected chi connectivity index (χ3v) is 1.07. The average molecular weight is 205 g/mol. The number of hydrogen-bond acceptors (Lipinski definition) is 1. The average Bonchev–Trinajstić information content (AvgIpc) is 2.57. The lowest BCUT2D eigenvalue weighted by Crippen LogP contribution is -1.53. The minimum absolute atomic E-state index is 0.290. The molecule has 1 aromatic rings. The molecule has 12 heavy (non-hydrogen) atoms. The molecule has 0 aliphatic heterocycles. The molecule has 0 saturated heterocycles. The lowest BCUT2D eigenvalue weighted by Gasteiger charge is -1.71. The molecule has 0 amide bonds. The summed E-state index contributed by atoms with van der Waals surface area (Å²) in [6.45, 7) is 1.90. The molecule has 0 aliphatic rings. The topological polar surface area (TPSA) is 28.7 Å². The Morgan fingerprint density at radius 1 is 1.50 bits per heavy atom. The summed E-state index contributed by atoms with van der Waals surface area (Å²) in [5, 5.41) is 6.21. The Hall–Kier alpha value is -0.730. The molecule has 0 unspecified atom stereocenters. The zero-order chi connectivity index (χ0) is 9.23. The Morgan fingerprint density at radius 3 is 2.42 bits per heavy atom. The van der Waals surface area contributed by atoms with Crippen LogP contribution in [0.25, 0.3) is 0 Å². The highest BCUT2D eigenvalue weighted by molar-refractivity contribution is 6.55. The van der Waals surface area contributed by atoms with Crippen LogP contribution in [0.15, 0.2) is 41.2 Å². The minimum atomic E-state index is 0.290. The first-order valence-corrected chi connectivity index (χ1v) is 4.10. The Bertz CT molecular complexity index is 206. The number of aromatic amines is 1. The van der Waals surface area contributed by atoms with E-state index in [1.165, 1.54) is 0 Å². The lowest BCUT2D eigenvalue weighted by atomic mass is 10.5. The van der Waals surface area contributed by atoms with Crippen LogP contribution in [0.2, 0.25) is 0 Å². The number of H-pyrrole nitrogens is 1.